The number of carbonyl (C=O) groups is 1. The molecule has 8 heteroatoms. The first-order chi connectivity index (χ1) is 16.5. The molecule has 7 nitrogen and oxygen atoms in total. The average molecular weight is 476 g/mol. The second kappa shape index (κ2) is 9.54. The van der Waals surface area contributed by atoms with Gasteiger partial charge in [-0.25, -0.2) is 4.98 Å². The van der Waals surface area contributed by atoms with Gasteiger partial charge in [-0.3, -0.25) is 14.3 Å². The van der Waals surface area contributed by atoms with E-state index in [0.717, 1.165) is 46.4 Å². The number of nitrogens with one attached hydrogen (secondary N) is 2. The number of aryl methyl sites for hydroxylation is 4. The van der Waals surface area contributed by atoms with Crippen LogP contribution in [0, 0.1) is 13.8 Å². The summed E-state index contributed by atoms with van der Waals surface area (Å²) in [6.45, 7) is 5.15. The van der Waals surface area contributed by atoms with Gasteiger partial charge in [-0.05, 0) is 50.7 Å². The van der Waals surface area contributed by atoms with Crippen molar-refractivity contribution in [3.05, 3.63) is 79.5 Å². The highest BCUT2D eigenvalue weighted by atomic mass is 32.1. The number of hydrogen-bond donors (Lipinski definition) is 2. The van der Waals surface area contributed by atoms with Crippen molar-refractivity contribution >= 4 is 27.5 Å². The molecule has 1 aromatic carbocycles. The Bertz CT molecular complexity index is 1400. The van der Waals surface area contributed by atoms with Gasteiger partial charge in [0.25, 0.3) is 5.56 Å². The highest BCUT2D eigenvalue weighted by molar-refractivity contribution is 7.18. The molecule has 0 radical (unpaired) electrons. The Kier molecular flexibility index (Phi) is 6.32. The summed E-state index contributed by atoms with van der Waals surface area (Å²) < 4.78 is 1.98. The first kappa shape index (κ1) is 22.5. The van der Waals surface area contributed by atoms with E-state index in [1.165, 1.54) is 22.4 Å². The van der Waals surface area contributed by atoms with Gasteiger partial charge in [-0.15, -0.1) is 11.3 Å². The number of nitrogens with zero attached hydrogens (tertiary/aromatic N) is 3. The van der Waals surface area contributed by atoms with Crippen molar-refractivity contribution in [2.45, 2.75) is 65.5 Å². The SMILES string of the molecule is Cc1nn(Cc2ccccc2)c(C)c1CNC(=O)CCc1nc2sc3c(c2c(=O)[nH]1)CCCC3. The average Bonchev–Trinajstić information content (AvgIpc) is 3.33. The molecule has 0 atom stereocenters. The summed E-state index contributed by atoms with van der Waals surface area (Å²) in [5.74, 6) is 0.511. The standard InChI is InChI=1S/C26H29N5O2S/c1-16-20(17(2)31(30-16)15-18-8-4-3-5-9-18)14-27-23(32)13-12-22-28-25(33)24-19-10-6-7-11-21(19)34-26(24)29-22/h3-5,8-9H,6-7,10-15H2,1-2H3,(H,27,32)(H,28,29,33). The quantitative estimate of drug-likeness (QED) is 0.423. The first-order valence-electron chi connectivity index (χ1n) is 11.9. The van der Waals surface area contributed by atoms with Gasteiger partial charge in [0.2, 0.25) is 5.91 Å². The molecule has 2 N–H and O–H groups in total. The van der Waals surface area contributed by atoms with E-state index in [1.54, 1.807) is 11.3 Å². The lowest BCUT2D eigenvalue weighted by atomic mass is 9.97. The molecule has 4 aromatic rings. The summed E-state index contributed by atoms with van der Waals surface area (Å²) in [5, 5.41) is 8.43. The van der Waals surface area contributed by atoms with Crippen LogP contribution in [0.25, 0.3) is 10.2 Å². The monoisotopic (exact) mass is 475 g/mol. The molecule has 0 spiro atoms. The van der Waals surface area contributed by atoms with E-state index >= 15 is 0 Å². The molecule has 0 bridgehead atoms. The summed E-state index contributed by atoms with van der Waals surface area (Å²) in [6.07, 6.45) is 4.98. The molecule has 1 aliphatic carbocycles. The Balaban J connectivity index is 1.21. The Morgan fingerprint density at radius 1 is 1.18 bits per heavy atom. The normalized spacial score (nSPS) is 13.2. The van der Waals surface area contributed by atoms with Crippen LogP contribution in [-0.4, -0.2) is 25.7 Å². The van der Waals surface area contributed by atoms with E-state index in [0.29, 0.717) is 25.3 Å². The van der Waals surface area contributed by atoms with Gasteiger partial charge in [-0.2, -0.15) is 5.10 Å². The third-order valence-corrected chi connectivity index (χ3v) is 7.82. The molecular weight excluding hydrogens is 446 g/mol. The van der Waals surface area contributed by atoms with Crippen LogP contribution in [0.4, 0.5) is 0 Å². The fraction of sp³-hybridized carbons (Fsp3) is 0.385. The maximum absolute atomic E-state index is 12.7. The Hall–Kier alpha value is -3.26. The van der Waals surface area contributed by atoms with Crippen molar-refractivity contribution in [3.63, 3.8) is 0 Å². The van der Waals surface area contributed by atoms with Crippen LogP contribution in [0.2, 0.25) is 0 Å². The Morgan fingerprint density at radius 2 is 1.97 bits per heavy atom. The minimum Gasteiger partial charge on any atom is -0.352 e. The molecule has 176 valence electrons. The molecule has 0 aliphatic heterocycles. The maximum atomic E-state index is 12.7. The summed E-state index contributed by atoms with van der Waals surface area (Å²) in [7, 11) is 0. The number of hydrogen-bond acceptors (Lipinski definition) is 5. The van der Waals surface area contributed by atoms with Gasteiger partial charge in [0.15, 0.2) is 0 Å². The lowest BCUT2D eigenvalue weighted by Gasteiger charge is -2.09. The van der Waals surface area contributed by atoms with E-state index in [4.69, 9.17) is 0 Å². The van der Waals surface area contributed by atoms with E-state index in [1.807, 2.05) is 36.7 Å². The molecule has 1 amide bonds. The van der Waals surface area contributed by atoms with Gasteiger partial charge in [-0.1, -0.05) is 30.3 Å². The van der Waals surface area contributed by atoms with Gasteiger partial charge in [0.1, 0.15) is 10.7 Å². The zero-order valence-electron chi connectivity index (χ0n) is 19.6. The number of aromatic nitrogens is 4. The molecular formula is C26H29N5O2S. The van der Waals surface area contributed by atoms with Crippen LogP contribution >= 0.6 is 11.3 Å². The highest BCUT2D eigenvalue weighted by Crippen LogP contribution is 2.33. The van der Waals surface area contributed by atoms with E-state index in [-0.39, 0.29) is 17.9 Å². The minimum atomic E-state index is -0.0723. The zero-order valence-corrected chi connectivity index (χ0v) is 20.4. The first-order valence-corrected chi connectivity index (χ1v) is 12.7. The van der Waals surface area contributed by atoms with Crippen molar-refractivity contribution in [1.82, 2.24) is 25.1 Å². The molecule has 34 heavy (non-hydrogen) atoms. The molecule has 0 saturated heterocycles. The lowest BCUT2D eigenvalue weighted by molar-refractivity contribution is -0.121. The molecule has 1 aliphatic rings. The van der Waals surface area contributed by atoms with Gasteiger partial charge < -0.3 is 10.3 Å². The Morgan fingerprint density at radius 3 is 2.79 bits per heavy atom. The van der Waals surface area contributed by atoms with Gasteiger partial charge >= 0.3 is 0 Å². The fourth-order valence-corrected chi connectivity index (χ4v) is 6.02. The number of carbonyl (C=O) groups excluding carboxylic acids is 1. The second-order valence-electron chi connectivity index (χ2n) is 8.97. The number of aromatic amines is 1. The van der Waals surface area contributed by atoms with Crippen LogP contribution in [-0.2, 0) is 37.1 Å². The molecule has 3 heterocycles. The van der Waals surface area contributed by atoms with Crippen LogP contribution < -0.4 is 10.9 Å². The summed E-state index contributed by atoms with van der Waals surface area (Å²) >= 11 is 1.63. The fourth-order valence-electron chi connectivity index (χ4n) is 4.73. The van der Waals surface area contributed by atoms with Gasteiger partial charge in [0.05, 0.1) is 17.6 Å². The van der Waals surface area contributed by atoms with Crippen LogP contribution in [0.15, 0.2) is 35.1 Å². The van der Waals surface area contributed by atoms with Crippen LogP contribution in [0.5, 0.6) is 0 Å². The minimum absolute atomic E-state index is 0.0668. The van der Waals surface area contributed by atoms with Crippen LogP contribution in [0.1, 0.15) is 58.0 Å². The maximum Gasteiger partial charge on any atom is 0.259 e. The number of rotatable bonds is 7. The number of fused-ring (bicyclic) bond motifs is 3. The number of thiophene rings is 1. The lowest BCUT2D eigenvalue weighted by Crippen LogP contribution is -2.24. The number of H-pyrrole nitrogens is 1. The Labute approximate surface area is 202 Å². The summed E-state index contributed by atoms with van der Waals surface area (Å²) in [4.78, 5) is 34.9. The predicted molar refractivity (Wildman–Crippen MR) is 134 cm³/mol. The van der Waals surface area contributed by atoms with E-state index in [9.17, 15) is 9.59 Å². The molecule has 5 rings (SSSR count). The molecule has 0 saturated carbocycles. The summed E-state index contributed by atoms with van der Waals surface area (Å²) in [5.41, 5.74) is 5.32. The number of amides is 1. The number of benzene rings is 1. The molecule has 0 unspecified atom stereocenters. The second-order valence-corrected chi connectivity index (χ2v) is 10.1. The van der Waals surface area contributed by atoms with Crippen molar-refractivity contribution in [2.24, 2.45) is 0 Å². The third kappa shape index (κ3) is 4.55. The van der Waals surface area contributed by atoms with Crippen molar-refractivity contribution in [1.29, 1.82) is 0 Å². The van der Waals surface area contributed by atoms with E-state index < -0.39 is 0 Å². The van der Waals surface area contributed by atoms with Crippen molar-refractivity contribution in [3.8, 4) is 0 Å². The smallest absolute Gasteiger partial charge is 0.259 e. The van der Waals surface area contributed by atoms with Crippen molar-refractivity contribution in [2.75, 3.05) is 0 Å². The highest BCUT2D eigenvalue weighted by Gasteiger charge is 2.20. The predicted octanol–water partition coefficient (Wildman–Crippen LogP) is 3.97. The molecule has 3 aromatic heterocycles. The topological polar surface area (TPSA) is 92.7 Å². The van der Waals surface area contributed by atoms with E-state index in [2.05, 4.69) is 32.5 Å². The van der Waals surface area contributed by atoms with Gasteiger partial charge in [0, 0.05) is 35.5 Å². The van der Waals surface area contributed by atoms with Crippen molar-refractivity contribution < 1.29 is 4.79 Å². The zero-order chi connectivity index (χ0) is 23.7. The van der Waals surface area contributed by atoms with Crippen LogP contribution in [0.3, 0.4) is 0 Å². The summed E-state index contributed by atoms with van der Waals surface area (Å²) in [6, 6.07) is 10.2. The molecule has 0 fully saturated rings. The third-order valence-electron chi connectivity index (χ3n) is 6.63. The largest absolute Gasteiger partial charge is 0.352 e.